The molecule has 0 aliphatic carbocycles. The standard InChI is InChI=1S/C22H31N3O6/c1-5-6-15-30-21(29)24(12-11-23-20(28)31-22(2,3)4)13-14-25-18(26)16-9-7-8-10-17(16)19(25)27/h7-10H,5-6,11-15H2,1-4H3,(H,23,28). The van der Waals surface area contributed by atoms with Gasteiger partial charge in [-0.05, 0) is 39.3 Å². The van der Waals surface area contributed by atoms with Crippen LogP contribution in [0.1, 0.15) is 61.3 Å². The maximum Gasteiger partial charge on any atom is 0.409 e. The number of alkyl carbamates (subject to hydrolysis) is 1. The SMILES string of the molecule is CCCCOC(=O)N(CCNC(=O)OC(C)(C)C)CCN1C(=O)c2ccccc2C1=O. The zero-order valence-electron chi connectivity index (χ0n) is 18.6. The molecule has 0 unspecified atom stereocenters. The molecule has 0 bridgehead atoms. The number of rotatable bonds is 9. The highest BCUT2D eigenvalue weighted by molar-refractivity contribution is 6.21. The number of carbonyl (C=O) groups is 4. The van der Waals surface area contributed by atoms with Gasteiger partial charge in [0.15, 0.2) is 0 Å². The fourth-order valence-electron chi connectivity index (χ4n) is 2.96. The van der Waals surface area contributed by atoms with E-state index in [-0.39, 0.29) is 44.6 Å². The number of benzene rings is 1. The zero-order valence-corrected chi connectivity index (χ0v) is 18.6. The molecule has 1 heterocycles. The first-order valence-corrected chi connectivity index (χ1v) is 10.5. The molecule has 0 atom stereocenters. The van der Waals surface area contributed by atoms with Crippen molar-refractivity contribution in [1.82, 2.24) is 15.1 Å². The van der Waals surface area contributed by atoms with Crippen LogP contribution >= 0.6 is 0 Å². The Morgan fingerprint density at radius 1 is 1.06 bits per heavy atom. The number of fused-ring (bicyclic) bond motifs is 1. The summed E-state index contributed by atoms with van der Waals surface area (Å²) in [6.45, 7) is 7.93. The molecule has 1 aromatic carbocycles. The van der Waals surface area contributed by atoms with E-state index in [1.165, 1.54) is 4.90 Å². The fraction of sp³-hybridized carbons (Fsp3) is 0.545. The molecule has 1 N–H and O–H groups in total. The average molecular weight is 434 g/mol. The van der Waals surface area contributed by atoms with Crippen LogP contribution in [0.25, 0.3) is 0 Å². The molecule has 1 aromatic rings. The molecule has 0 radical (unpaired) electrons. The summed E-state index contributed by atoms with van der Waals surface area (Å²) in [7, 11) is 0. The van der Waals surface area contributed by atoms with Crippen molar-refractivity contribution in [2.45, 2.75) is 46.1 Å². The van der Waals surface area contributed by atoms with Crippen LogP contribution in [0.3, 0.4) is 0 Å². The molecule has 9 heteroatoms. The number of nitrogens with zero attached hydrogens (tertiary/aromatic N) is 2. The Morgan fingerprint density at radius 2 is 1.68 bits per heavy atom. The number of amides is 4. The van der Waals surface area contributed by atoms with Crippen LogP contribution in [0.5, 0.6) is 0 Å². The molecule has 9 nitrogen and oxygen atoms in total. The smallest absolute Gasteiger partial charge is 0.409 e. The molecule has 0 fully saturated rings. The monoisotopic (exact) mass is 433 g/mol. The third-order valence-electron chi connectivity index (χ3n) is 4.50. The molecule has 4 amide bonds. The summed E-state index contributed by atoms with van der Waals surface area (Å²) in [5.74, 6) is -0.765. The topological polar surface area (TPSA) is 105 Å². The molecule has 0 spiro atoms. The quantitative estimate of drug-likeness (QED) is 0.474. The summed E-state index contributed by atoms with van der Waals surface area (Å²) in [6.07, 6.45) is 0.458. The number of imide groups is 1. The van der Waals surface area contributed by atoms with E-state index in [2.05, 4.69) is 5.32 Å². The molecular weight excluding hydrogens is 402 g/mol. The summed E-state index contributed by atoms with van der Waals surface area (Å²) in [6, 6.07) is 6.62. The second-order valence-corrected chi connectivity index (χ2v) is 8.19. The van der Waals surface area contributed by atoms with Crippen molar-refractivity contribution in [2.75, 3.05) is 32.8 Å². The third kappa shape index (κ3) is 6.97. The van der Waals surface area contributed by atoms with E-state index in [4.69, 9.17) is 9.47 Å². The number of ether oxygens (including phenoxy) is 2. The van der Waals surface area contributed by atoms with Gasteiger partial charge < -0.3 is 19.7 Å². The maximum atomic E-state index is 12.5. The van der Waals surface area contributed by atoms with Gasteiger partial charge in [-0.25, -0.2) is 9.59 Å². The minimum absolute atomic E-state index is 0.0294. The third-order valence-corrected chi connectivity index (χ3v) is 4.50. The van der Waals surface area contributed by atoms with Gasteiger partial charge in [0, 0.05) is 26.2 Å². The predicted molar refractivity (Wildman–Crippen MR) is 114 cm³/mol. The van der Waals surface area contributed by atoms with Crippen LogP contribution in [0.4, 0.5) is 9.59 Å². The number of hydrogen-bond donors (Lipinski definition) is 1. The van der Waals surface area contributed by atoms with Crippen molar-refractivity contribution < 1.29 is 28.7 Å². The predicted octanol–water partition coefficient (Wildman–Crippen LogP) is 3.05. The normalized spacial score (nSPS) is 13.1. The molecule has 1 aliphatic rings. The van der Waals surface area contributed by atoms with Crippen LogP contribution in [0.15, 0.2) is 24.3 Å². The summed E-state index contributed by atoms with van der Waals surface area (Å²) < 4.78 is 10.5. The number of nitrogens with one attached hydrogen (secondary N) is 1. The highest BCUT2D eigenvalue weighted by Gasteiger charge is 2.35. The van der Waals surface area contributed by atoms with Gasteiger partial charge in [0.05, 0.1) is 17.7 Å². The molecule has 0 saturated heterocycles. The van der Waals surface area contributed by atoms with E-state index in [9.17, 15) is 19.2 Å². The molecular formula is C22H31N3O6. The second kappa shape index (κ2) is 10.8. The summed E-state index contributed by atoms with van der Waals surface area (Å²) in [4.78, 5) is 51.9. The first-order valence-electron chi connectivity index (χ1n) is 10.5. The minimum atomic E-state index is -0.631. The van der Waals surface area contributed by atoms with Gasteiger partial charge in [-0.15, -0.1) is 0 Å². The summed E-state index contributed by atoms with van der Waals surface area (Å²) in [5, 5.41) is 2.59. The van der Waals surface area contributed by atoms with Gasteiger partial charge in [-0.1, -0.05) is 25.5 Å². The van der Waals surface area contributed by atoms with Gasteiger partial charge in [-0.2, -0.15) is 0 Å². The Labute approximate surface area is 182 Å². The van der Waals surface area contributed by atoms with E-state index in [0.29, 0.717) is 11.1 Å². The molecule has 170 valence electrons. The van der Waals surface area contributed by atoms with Crippen molar-refractivity contribution in [3.05, 3.63) is 35.4 Å². The van der Waals surface area contributed by atoms with E-state index < -0.39 is 17.8 Å². The van der Waals surface area contributed by atoms with Crippen LogP contribution in [-0.2, 0) is 9.47 Å². The van der Waals surface area contributed by atoms with Gasteiger partial charge in [0.1, 0.15) is 5.60 Å². The average Bonchev–Trinajstić information content (AvgIpc) is 2.94. The highest BCUT2D eigenvalue weighted by atomic mass is 16.6. The maximum absolute atomic E-state index is 12.5. The first-order chi connectivity index (χ1) is 14.6. The summed E-state index contributed by atoms with van der Waals surface area (Å²) >= 11 is 0. The van der Waals surface area contributed by atoms with Crippen molar-refractivity contribution in [3.63, 3.8) is 0 Å². The van der Waals surface area contributed by atoms with E-state index >= 15 is 0 Å². The lowest BCUT2D eigenvalue weighted by molar-refractivity contribution is 0.0514. The Balaban J connectivity index is 1.95. The first kappa shape index (κ1) is 24.2. The molecule has 2 rings (SSSR count). The van der Waals surface area contributed by atoms with Gasteiger partial charge in [0.2, 0.25) is 0 Å². The van der Waals surface area contributed by atoms with Gasteiger partial charge >= 0.3 is 12.2 Å². The van der Waals surface area contributed by atoms with Crippen molar-refractivity contribution in [3.8, 4) is 0 Å². The van der Waals surface area contributed by atoms with Crippen LogP contribution in [-0.4, -0.2) is 72.2 Å². The largest absolute Gasteiger partial charge is 0.449 e. The number of hydrogen-bond acceptors (Lipinski definition) is 6. The second-order valence-electron chi connectivity index (χ2n) is 8.19. The number of unbranched alkanes of at least 4 members (excludes halogenated alkanes) is 1. The van der Waals surface area contributed by atoms with Crippen molar-refractivity contribution >= 4 is 24.0 Å². The van der Waals surface area contributed by atoms with Crippen molar-refractivity contribution in [1.29, 1.82) is 0 Å². The van der Waals surface area contributed by atoms with Gasteiger partial charge in [-0.3, -0.25) is 14.5 Å². The van der Waals surface area contributed by atoms with Gasteiger partial charge in [0.25, 0.3) is 11.8 Å². The van der Waals surface area contributed by atoms with Crippen LogP contribution in [0.2, 0.25) is 0 Å². The lowest BCUT2D eigenvalue weighted by atomic mass is 10.1. The van der Waals surface area contributed by atoms with Crippen molar-refractivity contribution in [2.24, 2.45) is 0 Å². The highest BCUT2D eigenvalue weighted by Crippen LogP contribution is 2.22. The molecule has 1 aliphatic heterocycles. The summed E-state index contributed by atoms with van der Waals surface area (Å²) in [5.41, 5.74) is 0.0845. The fourth-order valence-corrected chi connectivity index (χ4v) is 2.96. The lowest BCUT2D eigenvalue weighted by Gasteiger charge is -2.25. The Bertz CT molecular complexity index is 783. The molecule has 0 aromatic heterocycles. The Kier molecular flexibility index (Phi) is 8.41. The zero-order chi connectivity index (χ0) is 23.0. The number of carbonyl (C=O) groups excluding carboxylic acids is 4. The molecule has 31 heavy (non-hydrogen) atoms. The van der Waals surface area contributed by atoms with E-state index in [1.807, 2.05) is 6.92 Å². The van der Waals surface area contributed by atoms with Crippen LogP contribution in [0, 0.1) is 0 Å². The van der Waals surface area contributed by atoms with E-state index in [0.717, 1.165) is 17.7 Å². The Morgan fingerprint density at radius 3 is 2.23 bits per heavy atom. The van der Waals surface area contributed by atoms with Crippen LogP contribution < -0.4 is 5.32 Å². The Hall–Kier alpha value is -3.10. The van der Waals surface area contributed by atoms with E-state index in [1.54, 1.807) is 45.0 Å². The molecule has 0 saturated carbocycles. The lowest BCUT2D eigenvalue weighted by Crippen LogP contribution is -2.44. The minimum Gasteiger partial charge on any atom is -0.449 e.